The number of aromatic nitrogens is 2. The Morgan fingerprint density at radius 1 is 1.07 bits per heavy atom. The zero-order valence-electron chi connectivity index (χ0n) is 17.4. The Bertz CT molecular complexity index is 928. The van der Waals surface area contributed by atoms with Gasteiger partial charge in [-0.2, -0.15) is 5.10 Å². The van der Waals surface area contributed by atoms with E-state index in [1.807, 2.05) is 6.07 Å². The van der Waals surface area contributed by atoms with Crippen molar-refractivity contribution in [3.8, 4) is 5.69 Å². The van der Waals surface area contributed by atoms with Crippen molar-refractivity contribution >= 4 is 5.57 Å². The van der Waals surface area contributed by atoms with Gasteiger partial charge in [0.1, 0.15) is 0 Å². The first-order valence-electron chi connectivity index (χ1n) is 10.1. The summed E-state index contributed by atoms with van der Waals surface area (Å²) in [7, 11) is 0. The number of hydrogen-bond donors (Lipinski definition) is 0. The van der Waals surface area contributed by atoms with Gasteiger partial charge >= 0.3 is 0 Å². The monoisotopic (exact) mass is 374 g/mol. The maximum Gasteiger partial charge on any atom is 0.0743 e. The van der Waals surface area contributed by atoms with Crippen LogP contribution in [0.4, 0.5) is 0 Å². The average Bonchev–Trinajstić information content (AvgIpc) is 3.05. The van der Waals surface area contributed by atoms with Gasteiger partial charge in [0.15, 0.2) is 0 Å². The molecule has 1 saturated heterocycles. The lowest BCUT2D eigenvalue weighted by Gasteiger charge is -2.45. The molecule has 28 heavy (non-hydrogen) atoms. The van der Waals surface area contributed by atoms with Crippen molar-refractivity contribution in [3.63, 3.8) is 0 Å². The predicted molar refractivity (Wildman–Crippen MR) is 116 cm³/mol. The molecule has 1 aliphatic heterocycles. The van der Waals surface area contributed by atoms with Crippen molar-refractivity contribution in [3.05, 3.63) is 78.2 Å². The lowest BCUT2D eigenvalue weighted by molar-refractivity contribution is -0.162. The van der Waals surface area contributed by atoms with Crippen molar-refractivity contribution < 1.29 is 4.74 Å². The van der Waals surface area contributed by atoms with Crippen LogP contribution in [-0.2, 0) is 4.74 Å². The largest absolute Gasteiger partial charge is 0.370 e. The van der Waals surface area contributed by atoms with Crippen LogP contribution in [0, 0.1) is 0 Å². The van der Waals surface area contributed by atoms with Crippen LogP contribution in [0.15, 0.2) is 66.8 Å². The highest BCUT2D eigenvalue weighted by Crippen LogP contribution is 2.43. The third kappa shape index (κ3) is 3.90. The summed E-state index contributed by atoms with van der Waals surface area (Å²) >= 11 is 0. The Hall–Kier alpha value is -2.39. The number of hydrogen-bond acceptors (Lipinski definition) is 2. The van der Waals surface area contributed by atoms with Crippen molar-refractivity contribution in [2.24, 2.45) is 0 Å². The molecule has 3 heteroatoms. The second kappa shape index (κ2) is 6.89. The van der Waals surface area contributed by atoms with Crippen molar-refractivity contribution in [1.29, 1.82) is 0 Å². The van der Waals surface area contributed by atoms with E-state index in [2.05, 4.69) is 87.5 Å². The quantitative estimate of drug-likeness (QED) is 0.637. The Labute approximate surface area is 168 Å². The molecule has 1 aromatic heterocycles. The summed E-state index contributed by atoms with van der Waals surface area (Å²) in [5.74, 6) is 0.374. The predicted octanol–water partition coefficient (Wildman–Crippen LogP) is 6.22. The fraction of sp³-hybridized carbons (Fsp3) is 0.400. The average molecular weight is 375 g/mol. The van der Waals surface area contributed by atoms with Crippen LogP contribution in [0.25, 0.3) is 11.3 Å². The van der Waals surface area contributed by atoms with E-state index in [1.165, 1.54) is 5.57 Å². The van der Waals surface area contributed by atoms with Gasteiger partial charge in [0.25, 0.3) is 0 Å². The first-order valence-corrected chi connectivity index (χ1v) is 10.1. The summed E-state index contributed by atoms with van der Waals surface area (Å²) in [4.78, 5) is 0. The number of benzene rings is 1. The molecule has 2 aliphatic rings. The number of ether oxygens (including phenoxy) is 1. The van der Waals surface area contributed by atoms with Crippen LogP contribution in [0.3, 0.4) is 0 Å². The van der Waals surface area contributed by atoms with Gasteiger partial charge in [0, 0.05) is 11.5 Å². The maximum atomic E-state index is 6.30. The summed E-state index contributed by atoms with van der Waals surface area (Å²) in [5.41, 5.74) is 5.36. The third-order valence-corrected chi connectivity index (χ3v) is 5.51. The van der Waals surface area contributed by atoms with E-state index in [0.29, 0.717) is 5.92 Å². The highest BCUT2D eigenvalue weighted by molar-refractivity contribution is 5.77. The Balaban J connectivity index is 1.80. The zero-order valence-corrected chi connectivity index (χ0v) is 17.4. The van der Waals surface area contributed by atoms with E-state index >= 15 is 0 Å². The summed E-state index contributed by atoms with van der Waals surface area (Å²) in [5, 5.41) is 5.09. The Morgan fingerprint density at radius 2 is 1.75 bits per heavy atom. The second-order valence-corrected chi connectivity index (χ2v) is 9.29. The van der Waals surface area contributed by atoms with Crippen molar-refractivity contribution in [1.82, 2.24) is 9.78 Å². The molecule has 4 rings (SSSR count). The fourth-order valence-electron chi connectivity index (χ4n) is 4.69. The van der Waals surface area contributed by atoms with E-state index in [4.69, 9.17) is 9.84 Å². The molecule has 0 spiro atoms. The molecule has 0 unspecified atom stereocenters. The molecule has 1 fully saturated rings. The van der Waals surface area contributed by atoms with Gasteiger partial charge in [-0.05, 0) is 71.2 Å². The van der Waals surface area contributed by atoms with E-state index in [0.717, 1.165) is 41.9 Å². The van der Waals surface area contributed by atoms with Gasteiger partial charge in [-0.15, -0.1) is 0 Å². The topological polar surface area (TPSA) is 27.1 Å². The molecule has 0 amide bonds. The van der Waals surface area contributed by atoms with E-state index in [1.54, 1.807) is 0 Å². The SMILES string of the molecule is C=C1C=C(c2cc(C3CC(C)(C)OC(C)(C)C3)nn2-c2ccccc2)C=CC1. The Kier molecular flexibility index (Phi) is 4.67. The molecule has 1 aliphatic carbocycles. The number of allylic oxidation sites excluding steroid dienone is 5. The molecule has 146 valence electrons. The molecule has 0 bridgehead atoms. The lowest BCUT2D eigenvalue weighted by Crippen LogP contribution is -2.44. The number of para-hydroxylation sites is 1. The molecule has 0 saturated carbocycles. The Morgan fingerprint density at radius 3 is 2.39 bits per heavy atom. The van der Waals surface area contributed by atoms with E-state index in [9.17, 15) is 0 Å². The van der Waals surface area contributed by atoms with Crippen LogP contribution in [0.1, 0.15) is 64.3 Å². The molecule has 2 aromatic rings. The first kappa shape index (κ1) is 18.9. The van der Waals surface area contributed by atoms with E-state index < -0.39 is 0 Å². The molecular formula is C25H30N2O. The molecule has 0 radical (unpaired) electrons. The molecule has 0 N–H and O–H groups in total. The van der Waals surface area contributed by atoms with Gasteiger partial charge < -0.3 is 4.74 Å². The molecule has 0 atom stereocenters. The minimum absolute atomic E-state index is 0.151. The first-order chi connectivity index (χ1) is 13.2. The summed E-state index contributed by atoms with van der Waals surface area (Å²) < 4.78 is 8.38. The summed E-state index contributed by atoms with van der Waals surface area (Å²) in [6, 6.07) is 12.7. The molecule has 2 heterocycles. The van der Waals surface area contributed by atoms with Gasteiger partial charge in [-0.1, -0.05) is 42.5 Å². The van der Waals surface area contributed by atoms with Gasteiger partial charge in [0.05, 0.1) is 28.3 Å². The third-order valence-electron chi connectivity index (χ3n) is 5.51. The molecule has 3 nitrogen and oxygen atoms in total. The zero-order chi connectivity index (χ0) is 19.9. The summed E-state index contributed by atoms with van der Waals surface area (Å²) in [6.07, 6.45) is 9.41. The number of nitrogens with zero attached hydrogens (tertiary/aromatic N) is 2. The molecule has 1 aromatic carbocycles. The lowest BCUT2D eigenvalue weighted by atomic mass is 9.79. The van der Waals surface area contributed by atoms with Crippen LogP contribution < -0.4 is 0 Å². The summed E-state index contributed by atoms with van der Waals surface area (Å²) in [6.45, 7) is 12.9. The smallest absolute Gasteiger partial charge is 0.0743 e. The highest BCUT2D eigenvalue weighted by Gasteiger charge is 2.40. The fourth-order valence-corrected chi connectivity index (χ4v) is 4.69. The normalized spacial score (nSPS) is 21.6. The highest BCUT2D eigenvalue weighted by atomic mass is 16.5. The van der Waals surface area contributed by atoms with Gasteiger partial charge in [0.2, 0.25) is 0 Å². The standard InChI is InChI=1S/C25H30N2O/c1-18-10-9-11-19(14-18)23-15-22(26-27(23)21-12-7-6-8-13-21)20-16-24(2,3)28-25(4,5)17-20/h6-9,11-15,20H,1,10,16-17H2,2-5H3. The van der Waals surface area contributed by atoms with E-state index in [-0.39, 0.29) is 11.2 Å². The second-order valence-electron chi connectivity index (χ2n) is 9.29. The minimum Gasteiger partial charge on any atom is -0.370 e. The minimum atomic E-state index is -0.151. The van der Waals surface area contributed by atoms with Crippen LogP contribution in [0.2, 0.25) is 0 Å². The van der Waals surface area contributed by atoms with Gasteiger partial charge in [-0.25, -0.2) is 4.68 Å². The van der Waals surface area contributed by atoms with Crippen molar-refractivity contribution in [2.45, 2.75) is 64.1 Å². The van der Waals surface area contributed by atoms with Crippen molar-refractivity contribution in [2.75, 3.05) is 0 Å². The van der Waals surface area contributed by atoms with Crippen LogP contribution in [-0.4, -0.2) is 21.0 Å². The van der Waals surface area contributed by atoms with Crippen LogP contribution in [0.5, 0.6) is 0 Å². The van der Waals surface area contributed by atoms with Gasteiger partial charge in [-0.3, -0.25) is 0 Å². The number of rotatable bonds is 3. The maximum absolute atomic E-state index is 6.30. The van der Waals surface area contributed by atoms with Crippen LogP contribution >= 0.6 is 0 Å². The molecular weight excluding hydrogens is 344 g/mol.